The van der Waals surface area contributed by atoms with Crippen molar-refractivity contribution >= 4 is 26.7 Å². The van der Waals surface area contributed by atoms with E-state index in [1.165, 1.54) is 24.3 Å². The summed E-state index contributed by atoms with van der Waals surface area (Å²) in [6.45, 7) is 5.36. The minimum atomic E-state index is -3.81. The number of sulfonamides is 1. The third-order valence-corrected chi connectivity index (χ3v) is 6.23. The summed E-state index contributed by atoms with van der Waals surface area (Å²) in [5.74, 6) is 0.00713. The molecule has 0 aromatic heterocycles. The van der Waals surface area contributed by atoms with Crippen molar-refractivity contribution in [3.05, 3.63) is 41.2 Å². The second kappa shape index (κ2) is 7.19. The van der Waals surface area contributed by atoms with Crippen LogP contribution in [0.2, 0.25) is 0 Å². The maximum Gasteiger partial charge on any atom is 0.285 e. The molecule has 0 bridgehead atoms. The van der Waals surface area contributed by atoms with Crippen molar-refractivity contribution in [1.29, 1.82) is 0 Å². The highest BCUT2D eigenvalue weighted by Crippen LogP contribution is 2.34. The van der Waals surface area contributed by atoms with Gasteiger partial charge in [0.1, 0.15) is 16.6 Å². The Kier molecular flexibility index (Phi) is 5.13. The van der Waals surface area contributed by atoms with Gasteiger partial charge in [0, 0.05) is 31.1 Å². The van der Waals surface area contributed by atoms with E-state index in [0.717, 1.165) is 0 Å². The van der Waals surface area contributed by atoms with Crippen molar-refractivity contribution in [3.8, 4) is 0 Å². The fourth-order valence-corrected chi connectivity index (χ4v) is 4.94. The molecule has 2 heterocycles. The SMILES string of the molecule is CCNC(=O)C1CCN(C2=NS(=O)(=O)C(c3ccc(F)cc3)=C2C)CC1. The summed E-state index contributed by atoms with van der Waals surface area (Å²) in [5, 5.41) is 2.83. The molecule has 0 atom stereocenters. The molecule has 1 N–H and O–H groups in total. The van der Waals surface area contributed by atoms with E-state index in [-0.39, 0.29) is 16.7 Å². The highest BCUT2D eigenvalue weighted by Gasteiger charge is 2.35. The Morgan fingerprint density at radius 2 is 1.88 bits per heavy atom. The van der Waals surface area contributed by atoms with Crippen LogP contribution < -0.4 is 5.32 Å². The van der Waals surface area contributed by atoms with Crippen molar-refractivity contribution in [2.45, 2.75) is 26.7 Å². The van der Waals surface area contributed by atoms with Gasteiger partial charge in [-0.25, -0.2) is 4.39 Å². The highest BCUT2D eigenvalue weighted by atomic mass is 32.2. The molecule has 140 valence electrons. The van der Waals surface area contributed by atoms with Gasteiger partial charge in [-0.3, -0.25) is 4.79 Å². The number of benzene rings is 1. The highest BCUT2D eigenvalue weighted by molar-refractivity contribution is 8.00. The molecular weight excluding hydrogens is 357 g/mol. The molecule has 6 nitrogen and oxygen atoms in total. The average molecular weight is 379 g/mol. The molecule has 0 spiro atoms. The first-order valence-electron chi connectivity index (χ1n) is 8.68. The van der Waals surface area contributed by atoms with Crippen LogP contribution in [0, 0.1) is 11.7 Å². The Morgan fingerprint density at radius 3 is 2.46 bits per heavy atom. The largest absolute Gasteiger partial charge is 0.356 e. The second-order valence-electron chi connectivity index (χ2n) is 6.51. The molecule has 1 aromatic carbocycles. The molecule has 2 aliphatic rings. The van der Waals surface area contributed by atoms with Crippen LogP contribution in [0.5, 0.6) is 0 Å². The Balaban J connectivity index is 1.81. The number of amides is 1. The van der Waals surface area contributed by atoms with Crippen molar-refractivity contribution in [2.75, 3.05) is 19.6 Å². The third-order valence-electron chi connectivity index (χ3n) is 4.76. The lowest BCUT2D eigenvalue weighted by molar-refractivity contribution is -0.126. The van der Waals surface area contributed by atoms with Gasteiger partial charge in [-0.05, 0) is 44.4 Å². The van der Waals surface area contributed by atoms with E-state index in [0.29, 0.717) is 49.4 Å². The zero-order valence-corrected chi connectivity index (χ0v) is 15.6. The van der Waals surface area contributed by atoms with Gasteiger partial charge >= 0.3 is 0 Å². The van der Waals surface area contributed by atoms with E-state index < -0.39 is 15.8 Å². The van der Waals surface area contributed by atoms with Gasteiger partial charge in [0.25, 0.3) is 10.0 Å². The topological polar surface area (TPSA) is 78.8 Å². The van der Waals surface area contributed by atoms with Gasteiger partial charge in [0.2, 0.25) is 5.91 Å². The van der Waals surface area contributed by atoms with Gasteiger partial charge in [-0.1, -0.05) is 12.1 Å². The minimum absolute atomic E-state index is 0.0485. The van der Waals surface area contributed by atoms with Crippen molar-refractivity contribution < 1.29 is 17.6 Å². The molecule has 8 heteroatoms. The van der Waals surface area contributed by atoms with E-state index in [1.807, 2.05) is 11.8 Å². The first-order valence-corrected chi connectivity index (χ1v) is 10.1. The predicted molar refractivity (Wildman–Crippen MR) is 98.3 cm³/mol. The molecule has 1 amide bonds. The lowest BCUT2D eigenvalue weighted by atomic mass is 9.95. The fraction of sp³-hybridized carbons (Fsp3) is 0.444. The molecule has 1 aromatic rings. The number of carbonyl (C=O) groups excluding carboxylic acids is 1. The number of carbonyl (C=O) groups is 1. The van der Waals surface area contributed by atoms with Gasteiger partial charge in [0.05, 0.1) is 0 Å². The summed E-state index contributed by atoms with van der Waals surface area (Å²) in [7, 11) is -3.81. The van der Waals surface area contributed by atoms with Crippen LogP contribution in [0.25, 0.3) is 4.91 Å². The van der Waals surface area contributed by atoms with E-state index in [9.17, 15) is 17.6 Å². The van der Waals surface area contributed by atoms with Crippen LogP contribution >= 0.6 is 0 Å². The van der Waals surface area contributed by atoms with E-state index in [4.69, 9.17) is 0 Å². The summed E-state index contributed by atoms with van der Waals surface area (Å²) in [6, 6.07) is 5.37. The third kappa shape index (κ3) is 3.51. The molecule has 3 rings (SSSR count). The van der Waals surface area contributed by atoms with Gasteiger partial charge in [0.15, 0.2) is 0 Å². The number of rotatable bonds is 3. The fourth-order valence-electron chi connectivity index (χ4n) is 3.46. The van der Waals surface area contributed by atoms with Crippen molar-refractivity contribution in [1.82, 2.24) is 10.2 Å². The summed E-state index contributed by atoms with van der Waals surface area (Å²) in [4.78, 5) is 14.0. The Morgan fingerprint density at radius 1 is 1.27 bits per heavy atom. The number of likely N-dealkylation sites (tertiary alicyclic amines) is 1. The van der Waals surface area contributed by atoms with E-state index in [2.05, 4.69) is 9.71 Å². The maximum absolute atomic E-state index is 13.2. The van der Waals surface area contributed by atoms with E-state index in [1.54, 1.807) is 6.92 Å². The smallest absolute Gasteiger partial charge is 0.285 e. The summed E-state index contributed by atoms with van der Waals surface area (Å²) < 4.78 is 42.2. The number of nitrogens with zero attached hydrogens (tertiary/aromatic N) is 2. The van der Waals surface area contributed by atoms with Crippen molar-refractivity contribution in [3.63, 3.8) is 0 Å². The summed E-state index contributed by atoms with van der Waals surface area (Å²) in [5.41, 5.74) is 0.993. The number of nitrogens with one attached hydrogen (secondary N) is 1. The molecule has 0 aliphatic carbocycles. The van der Waals surface area contributed by atoms with Crippen LogP contribution in [-0.2, 0) is 14.8 Å². The first-order chi connectivity index (χ1) is 12.3. The summed E-state index contributed by atoms with van der Waals surface area (Å²) in [6.07, 6.45) is 1.31. The van der Waals surface area contributed by atoms with Crippen molar-refractivity contribution in [2.24, 2.45) is 10.3 Å². The minimum Gasteiger partial charge on any atom is -0.356 e. The van der Waals surface area contributed by atoms with Crippen LogP contribution in [0.4, 0.5) is 4.39 Å². The molecule has 26 heavy (non-hydrogen) atoms. The Bertz CT molecular complexity index is 867. The molecular formula is C18H22FN3O3S. The van der Waals surface area contributed by atoms with Crippen LogP contribution in [0.15, 0.2) is 34.2 Å². The van der Waals surface area contributed by atoms with Crippen LogP contribution in [0.1, 0.15) is 32.3 Å². The standard InChI is InChI=1S/C18H22FN3O3S/c1-3-20-18(23)14-8-10-22(11-9-14)17-12(2)16(26(24,25)21-17)13-4-6-15(19)7-5-13/h4-7,14H,3,8-11H2,1-2H3,(H,20,23). The number of amidine groups is 1. The monoisotopic (exact) mass is 379 g/mol. The molecule has 1 fully saturated rings. The lowest BCUT2D eigenvalue weighted by Crippen LogP contribution is -2.43. The molecule has 0 saturated carbocycles. The number of halogens is 1. The van der Waals surface area contributed by atoms with Crippen LogP contribution in [-0.4, -0.2) is 44.7 Å². The molecule has 1 saturated heterocycles. The Labute approximate surface area is 152 Å². The second-order valence-corrected chi connectivity index (χ2v) is 8.05. The Hall–Kier alpha value is -2.22. The number of hydrogen-bond donors (Lipinski definition) is 1. The molecule has 2 aliphatic heterocycles. The normalized spacial score (nSPS) is 20.3. The predicted octanol–water partition coefficient (Wildman–Crippen LogP) is 2.15. The average Bonchev–Trinajstić information content (AvgIpc) is 2.85. The summed E-state index contributed by atoms with van der Waals surface area (Å²) >= 11 is 0. The van der Waals surface area contributed by atoms with Gasteiger partial charge in [-0.15, -0.1) is 4.40 Å². The zero-order chi connectivity index (χ0) is 18.9. The number of hydrogen-bond acceptors (Lipinski definition) is 4. The van der Waals surface area contributed by atoms with E-state index >= 15 is 0 Å². The number of piperidine rings is 1. The first kappa shape index (κ1) is 18.6. The van der Waals surface area contributed by atoms with Gasteiger partial charge < -0.3 is 10.2 Å². The van der Waals surface area contributed by atoms with Gasteiger partial charge in [-0.2, -0.15) is 8.42 Å². The molecule has 0 radical (unpaired) electrons. The lowest BCUT2D eigenvalue weighted by Gasteiger charge is -2.32. The van der Waals surface area contributed by atoms with Crippen LogP contribution in [0.3, 0.4) is 0 Å². The molecule has 0 unspecified atom stereocenters. The maximum atomic E-state index is 13.2. The quantitative estimate of drug-likeness (QED) is 0.873. The zero-order valence-electron chi connectivity index (χ0n) is 14.8.